The summed E-state index contributed by atoms with van der Waals surface area (Å²) >= 11 is 1.71. The molecule has 3 rings (SSSR count). The van der Waals surface area contributed by atoms with Gasteiger partial charge in [0, 0.05) is 29.1 Å². The summed E-state index contributed by atoms with van der Waals surface area (Å²) in [6, 6.07) is 8.98. The van der Waals surface area contributed by atoms with E-state index < -0.39 is 0 Å². The van der Waals surface area contributed by atoms with E-state index in [-0.39, 0.29) is 36.1 Å². The van der Waals surface area contributed by atoms with Crippen LogP contribution in [0.5, 0.6) is 11.5 Å². The van der Waals surface area contributed by atoms with E-state index >= 15 is 0 Å². The molecule has 2 heterocycles. The average Bonchev–Trinajstić information content (AvgIpc) is 3.23. The number of nitrogens with zero attached hydrogens (tertiary/aromatic N) is 2. The molecule has 180 valence electrons. The number of carbonyl (C=O) groups is 2. The molecule has 1 aromatic carbocycles. The number of amides is 3. The topological polar surface area (TPSA) is 71.1 Å². The minimum absolute atomic E-state index is 0.0225. The SMILES string of the molecule is COc1cccc(OC[C@H]2c3ccsc3CCN2C(=O)CN(C(=O)NC(C)(C)C)C(C)C)c1. The number of methoxy groups -OCH3 is 1. The van der Waals surface area contributed by atoms with Crippen LogP contribution >= 0.6 is 11.3 Å². The van der Waals surface area contributed by atoms with Crippen molar-refractivity contribution in [2.24, 2.45) is 0 Å². The Hall–Kier alpha value is -2.74. The number of hydrogen-bond acceptors (Lipinski definition) is 5. The first-order valence-electron chi connectivity index (χ1n) is 11.3. The van der Waals surface area contributed by atoms with Gasteiger partial charge in [-0.25, -0.2) is 4.79 Å². The number of carbonyl (C=O) groups excluding carboxylic acids is 2. The summed E-state index contributed by atoms with van der Waals surface area (Å²) in [6.45, 7) is 10.6. The summed E-state index contributed by atoms with van der Waals surface area (Å²) in [4.78, 5) is 31.0. The third-order valence-corrected chi connectivity index (χ3v) is 6.53. The standard InChI is InChI=1S/C25H35N3O4S/c1-17(2)28(24(30)26-25(3,4)5)15-23(29)27-12-10-22-20(11-13-33-22)21(27)16-32-19-9-7-8-18(14-19)31-6/h7-9,11,13-14,17,21H,10,12,15-16H2,1-6H3,(H,26,30)/t21-/m0/s1. The lowest BCUT2D eigenvalue weighted by Gasteiger charge is -2.38. The molecule has 1 aromatic heterocycles. The number of hydrogen-bond donors (Lipinski definition) is 1. The van der Waals surface area contributed by atoms with Crippen LogP contribution in [-0.4, -0.2) is 60.1 Å². The Labute approximate surface area is 200 Å². The van der Waals surface area contributed by atoms with Crippen LogP contribution in [0.15, 0.2) is 35.7 Å². The largest absolute Gasteiger partial charge is 0.497 e. The molecule has 1 aliphatic heterocycles. The van der Waals surface area contributed by atoms with Crippen LogP contribution in [0.4, 0.5) is 4.79 Å². The molecule has 0 aliphatic carbocycles. The van der Waals surface area contributed by atoms with E-state index in [1.165, 1.54) is 4.88 Å². The predicted molar refractivity (Wildman–Crippen MR) is 131 cm³/mol. The molecule has 0 saturated heterocycles. The maximum atomic E-state index is 13.5. The zero-order chi connectivity index (χ0) is 24.2. The molecule has 1 atom stereocenters. The maximum Gasteiger partial charge on any atom is 0.318 e. The first-order chi connectivity index (χ1) is 15.6. The summed E-state index contributed by atoms with van der Waals surface area (Å²) in [7, 11) is 1.62. The third kappa shape index (κ3) is 6.41. The Bertz CT molecular complexity index is 967. The van der Waals surface area contributed by atoms with E-state index in [0.29, 0.717) is 18.9 Å². The molecule has 2 aromatic rings. The van der Waals surface area contributed by atoms with Gasteiger partial charge in [-0.05, 0) is 70.2 Å². The molecule has 0 spiro atoms. The second kappa shape index (κ2) is 10.5. The number of fused-ring (bicyclic) bond motifs is 1. The number of thiophene rings is 1. The summed E-state index contributed by atoms with van der Waals surface area (Å²) in [5.74, 6) is 1.33. The molecule has 33 heavy (non-hydrogen) atoms. The number of urea groups is 1. The van der Waals surface area contributed by atoms with Crippen molar-refractivity contribution in [3.8, 4) is 11.5 Å². The van der Waals surface area contributed by atoms with Gasteiger partial charge >= 0.3 is 6.03 Å². The molecule has 0 fully saturated rings. The van der Waals surface area contributed by atoms with E-state index in [1.807, 2.05) is 63.8 Å². The summed E-state index contributed by atoms with van der Waals surface area (Å²) in [6.07, 6.45) is 0.810. The molecule has 1 N–H and O–H groups in total. The number of nitrogens with one attached hydrogen (secondary N) is 1. The molecule has 0 radical (unpaired) electrons. The van der Waals surface area contributed by atoms with Crippen molar-refractivity contribution in [3.05, 3.63) is 46.2 Å². The van der Waals surface area contributed by atoms with Crippen LogP contribution in [0.1, 0.15) is 51.1 Å². The summed E-state index contributed by atoms with van der Waals surface area (Å²) in [5.41, 5.74) is 0.745. The highest BCUT2D eigenvalue weighted by Gasteiger charge is 2.34. The maximum absolute atomic E-state index is 13.5. The van der Waals surface area contributed by atoms with Crippen LogP contribution < -0.4 is 14.8 Å². The molecule has 0 unspecified atom stereocenters. The van der Waals surface area contributed by atoms with Gasteiger partial charge in [0.15, 0.2) is 0 Å². The van der Waals surface area contributed by atoms with E-state index in [4.69, 9.17) is 9.47 Å². The van der Waals surface area contributed by atoms with Gasteiger partial charge < -0.3 is 24.6 Å². The van der Waals surface area contributed by atoms with E-state index in [9.17, 15) is 9.59 Å². The lowest BCUT2D eigenvalue weighted by Crippen LogP contribution is -2.54. The van der Waals surface area contributed by atoms with E-state index in [2.05, 4.69) is 16.8 Å². The van der Waals surface area contributed by atoms with Crippen molar-refractivity contribution in [1.82, 2.24) is 15.1 Å². The number of benzene rings is 1. The van der Waals surface area contributed by atoms with Crippen molar-refractivity contribution in [3.63, 3.8) is 0 Å². The fourth-order valence-corrected chi connectivity index (χ4v) is 4.79. The molecule has 0 bridgehead atoms. The van der Waals surface area contributed by atoms with Gasteiger partial charge in [-0.2, -0.15) is 0 Å². The first-order valence-corrected chi connectivity index (χ1v) is 12.2. The molecule has 1 aliphatic rings. The van der Waals surface area contributed by atoms with Crippen molar-refractivity contribution in [2.45, 2.75) is 58.7 Å². The second-order valence-electron chi connectivity index (χ2n) is 9.54. The van der Waals surface area contributed by atoms with Gasteiger partial charge in [0.25, 0.3) is 0 Å². The Morgan fingerprint density at radius 3 is 2.64 bits per heavy atom. The van der Waals surface area contributed by atoms with Crippen molar-refractivity contribution < 1.29 is 19.1 Å². The molecule has 8 heteroatoms. The van der Waals surface area contributed by atoms with Crippen LogP contribution in [-0.2, 0) is 11.2 Å². The van der Waals surface area contributed by atoms with Gasteiger partial charge in [0.2, 0.25) is 5.91 Å². The minimum Gasteiger partial charge on any atom is -0.497 e. The zero-order valence-electron chi connectivity index (χ0n) is 20.4. The lowest BCUT2D eigenvalue weighted by molar-refractivity contribution is -0.135. The van der Waals surface area contributed by atoms with Crippen LogP contribution in [0.2, 0.25) is 0 Å². The summed E-state index contributed by atoms with van der Waals surface area (Å²) in [5, 5.41) is 5.03. The number of rotatable bonds is 7. The van der Waals surface area contributed by atoms with Gasteiger partial charge in [0.1, 0.15) is 24.7 Å². The van der Waals surface area contributed by atoms with Gasteiger partial charge in [-0.3, -0.25) is 4.79 Å². The van der Waals surface area contributed by atoms with E-state index in [0.717, 1.165) is 17.7 Å². The highest BCUT2D eigenvalue weighted by molar-refractivity contribution is 7.10. The molecule has 3 amide bonds. The summed E-state index contributed by atoms with van der Waals surface area (Å²) < 4.78 is 11.4. The molecule has 0 saturated carbocycles. The Morgan fingerprint density at radius 1 is 1.24 bits per heavy atom. The molecular formula is C25H35N3O4S. The first kappa shape index (κ1) is 24.9. The van der Waals surface area contributed by atoms with Crippen molar-refractivity contribution >= 4 is 23.3 Å². The fraction of sp³-hybridized carbons (Fsp3) is 0.520. The predicted octanol–water partition coefficient (Wildman–Crippen LogP) is 4.48. The second-order valence-corrected chi connectivity index (χ2v) is 10.5. The van der Waals surface area contributed by atoms with Gasteiger partial charge in [-0.15, -0.1) is 11.3 Å². The monoisotopic (exact) mass is 473 g/mol. The smallest absolute Gasteiger partial charge is 0.318 e. The van der Waals surface area contributed by atoms with Crippen molar-refractivity contribution in [2.75, 3.05) is 26.8 Å². The fourth-order valence-electron chi connectivity index (χ4n) is 3.86. The van der Waals surface area contributed by atoms with Crippen LogP contribution in [0, 0.1) is 0 Å². The molecule has 7 nitrogen and oxygen atoms in total. The Kier molecular flexibility index (Phi) is 7.89. The van der Waals surface area contributed by atoms with Crippen LogP contribution in [0.25, 0.3) is 0 Å². The third-order valence-electron chi connectivity index (χ3n) is 5.54. The normalized spacial score (nSPS) is 15.7. The van der Waals surface area contributed by atoms with Gasteiger partial charge in [0.05, 0.1) is 13.2 Å². The lowest BCUT2D eigenvalue weighted by atomic mass is 10.0. The Balaban J connectivity index is 1.77. The van der Waals surface area contributed by atoms with E-state index in [1.54, 1.807) is 23.3 Å². The van der Waals surface area contributed by atoms with Gasteiger partial charge in [-0.1, -0.05) is 6.07 Å². The molecular weight excluding hydrogens is 438 g/mol. The highest BCUT2D eigenvalue weighted by atomic mass is 32.1. The minimum atomic E-state index is -0.378. The van der Waals surface area contributed by atoms with Crippen molar-refractivity contribution in [1.29, 1.82) is 0 Å². The highest BCUT2D eigenvalue weighted by Crippen LogP contribution is 2.34. The number of ether oxygens (including phenoxy) is 2. The quantitative estimate of drug-likeness (QED) is 0.644. The van der Waals surface area contributed by atoms with Crippen LogP contribution in [0.3, 0.4) is 0 Å². The zero-order valence-corrected chi connectivity index (χ0v) is 21.2. The Morgan fingerprint density at radius 2 is 1.97 bits per heavy atom. The average molecular weight is 474 g/mol.